The topological polar surface area (TPSA) is 30.0 Å². The molecule has 2 aromatic rings. The molecule has 0 radical (unpaired) electrons. The number of rotatable bonds is 3. The predicted molar refractivity (Wildman–Crippen MR) is 65.5 cm³/mol. The van der Waals surface area contributed by atoms with Gasteiger partial charge >= 0.3 is 0 Å². The molecule has 0 bridgehead atoms. The lowest BCUT2D eigenvalue weighted by Gasteiger charge is -2.11. The van der Waals surface area contributed by atoms with Crippen molar-refractivity contribution >= 4 is 16.7 Å². The van der Waals surface area contributed by atoms with Gasteiger partial charge in [0.05, 0.1) is 17.1 Å². The van der Waals surface area contributed by atoms with Crippen molar-refractivity contribution in [1.29, 1.82) is 0 Å². The number of ketones is 1. The molecule has 0 aliphatic carbocycles. The van der Waals surface area contributed by atoms with Gasteiger partial charge in [0.1, 0.15) is 5.78 Å². The maximum atomic E-state index is 11.5. The van der Waals surface area contributed by atoms with Crippen LogP contribution in [-0.4, -0.2) is 10.8 Å². The molecular weight excluding hydrogens is 198 g/mol. The van der Waals surface area contributed by atoms with Crippen LogP contribution in [-0.2, 0) is 4.79 Å². The Labute approximate surface area is 95.3 Å². The first-order valence-electron chi connectivity index (χ1n) is 5.58. The monoisotopic (exact) mass is 213 g/mol. The number of para-hydroxylation sites is 1. The molecule has 0 saturated heterocycles. The van der Waals surface area contributed by atoms with Crippen LogP contribution in [0.25, 0.3) is 10.9 Å². The molecule has 1 heterocycles. The molecular formula is C14H15NO. The molecule has 1 aromatic carbocycles. The van der Waals surface area contributed by atoms with Crippen LogP contribution < -0.4 is 0 Å². The number of fused-ring (bicyclic) bond motifs is 1. The molecule has 2 nitrogen and oxygen atoms in total. The second kappa shape index (κ2) is 4.44. The molecule has 0 N–H and O–H groups in total. The first-order valence-corrected chi connectivity index (χ1v) is 5.58. The lowest BCUT2D eigenvalue weighted by molar-refractivity contribution is -0.118. The van der Waals surface area contributed by atoms with Gasteiger partial charge in [0, 0.05) is 5.39 Å². The summed E-state index contributed by atoms with van der Waals surface area (Å²) in [5.74, 6) is 0.120. The normalized spacial score (nSPS) is 12.6. The summed E-state index contributed by atoms with van der Waals surface area (Å²) in [5.41, 5.74) is 1.84. The second-order valence-corrected chi connectivity index (χ2v) is 4.00. The van der Waals surface area contributed by atoms with Gasteiger partial charge in [0.25, 0.3) is 0 Å². The van der Waals surface area contributed by atoms with E-state index in [1.807, 2.05) is 43.3 Å². The minimum absolute atomic E-state index is 0.0652. The van der Waals surface area contributed by atoms with Crippen molar-refractivity contribution in [2.45, 2.75) is 26.2 Å². The minimum Gasteiger partial charge on any atom is -0.299 e. The first-order chi connectivity index (χ1) is 7.72. The fourth-order valence-corrected chi connectivity index (χ4v) is 1.98. The number of benzene rings is 1. The lowest BCUT2D eigenvalue weighted by atomic mass is 9.97. The predicted octanol–water partition coefficient (Wildman–Crippen LogP) is 3.32. The number of nitrogens with zero attached hydrogens (tertiary/aromatic N) is 1. The van der Waals surface area contributed by atoms with Crippen LogP contribution in [0.5, 0.6) is 0 Å². The maximum Gasteiger partial charge on any atom is 0.138 e. The van der Waals surface area contributed by atoms with Crippen LogP contribution in [0.2, 0.25) is 0 Å². The standard InChI is InChI=1S/C14H15NO/c1-3-12(10(2)16)14-9-8-11-6-4-5-7-13(11)15-14/h4-9,12H,3H2,1-2H3. The molecule has 1 atom stereocenters. The van der Waals surface area contributed by atoms with Gasteiger partial charge < -0.3 is 0 Å². The SMILES string of the molecule is CCC(C(C)=O)c1ccc2ccccc2n1. The Balaban J connectivity index is 2.49. The summed E-state index contributed by atoms with van der Waals surface area (Å²) in [4.78, 5) is 16.0. The van der Waals surface area contributed by atoms with E-state index in [0.717, 1.165) is 23.0 Å². The Bertz CT molecular complexity index is 519. The number of carbonyl (C=O) groups is 1. The van der Waals surface area contributed by atoms with Crippen molar-refractivity contribution in [1.82, 2.24) is 4.98 Å². The van der Waals surface area contributed by atoms with Crippen molar-refractivity contribution in [3.63, 3.8) is 0 Å². The summed E-state index contributed by atoms with van der Waals surface area (Å²) in [7, 11) is 0. The van der Waals surface area contributed by atoms with Gasteiger partial charge in [-0.1, -0.05) is 31.2 Å². The summed E-state index contributed by atoms with van der Waals surface area (Å²) >= 11 is 0. The molecule has 16 heavy (non-hydrogen) atoms. The number of aromatic nitrogens is 1. The van der Waals surface area contributed by atoms with Crippen molar-refractivity contribution < 1.29 is 4.79 Å². The van der Waals surface area contributed by atoms with Crippen LogP contribution >= 0.6 is 0 Å². The van der Waals surface area contributed by atoms with Gasteiger partial charge in [0.15, 0.2) is 0 Å². The summed E-state index contributed by atoms with van der Waals surface area (Å²) in [5, 5.41) is 1.12. The molecule has 0 aliphatic heterocycles. The largest absolute Gasteiger partial charge is 0.299 e. The number of pyridine rings is 1. The summed E-state index contributed by atoms with van der Waals surface area (Å²) in [6.07, 6.45) is 0.806. The molecule has 1 unspecified atom stereocenters. The molecule has 82 valence electrons. The van der Waals surface area contributed by atoms with E-state index in [0.29, 0.717) is 0 Å². The van der Waals surface area contributed by atoms with Gasteiger partial charge in [-0.25, -0.2) is 0 Å². The van der Waals surface area contributed by atoms with Crippen LogP contribution in [0.1, 0.15) is 31.9 Å². The summed E-state index contributed by atoms with van der Waals surface area (Å²) in [6, 6.07) is 12.0. The molecule has 0 saturated carbocycles. The van der Waals surface area contributed by atoms with E-state index < -0.39 is 0 Å². The van der Waals surface area contributed by atoms with Crippen molar-refractivity contribution in [2.24, 2.45) is 0 Å². The van der Waals surface area contributed by atoms with E-state index in [2.05, 4.69) is 4.98 Å². The average Bonchev–Trinajstić information content (AvgIpc) is 2.29. The van der Waals surface area contributed by atoms with Crippen molar-refractivity contribution in [3.8, 4) is 0 Å². The number of hydrogen-bond acceptors (Lipinski definition) is 2. The number of carbonyl (C=O) groups excluding carboxylic acids is 1. The molecule has 1 aromatic heterocycles. The molecule has 0 spiro atoms. The summed E-state index contributed by atoms with van der Waals surface area (Å²) in [6.45, 7) is 3.65. The van der Waals surface area contributed by atoms with E-state index in [9.17, 15) is 4.79 Å². The Hall–Kier alpha value is -1.70. The van der Waals surface area contributed by atoms with E-state index in [-0.39, 0.29) is 11.7 Å². The smallest absolute Gasteiger partial charge is 0.138 e. The lowest BCUT2D eigenvalue weighted by Crippen LogP contribution is -2.09. The fraction of sp³-hybridized carbons (Fsp3) is 0.286. The van der Waals surface area contributed by atoms with Crippen LogP contribution in [0.4, 0.5) is 0 Å². The van der Waals surface area contributed by atoms with Gasteiger partial charge in [-0.2, -0.15) is 0 Å². The average molecular weight is 213 g/mol. The Morgan fingerprint density at radius 1 is 1.25 bits per heavy atom. The molecule has 2 heteroatoms. The highest BCUT2D eigenvalue weighted by molar-refractivity contribution is 5.84. The van der Waals surface area contributed by atoms with Gasteiger partial charge in [-0.15, -0.1) is 0 Å². The zero-order valence-corrected chi connectivity index (χ0v) is 9.60. The van der Waals surface area contributed by atoms with Crippen molar-refractivity contribution in [3.05, 3.63) is 42.1 Å². The Kier molecular flexibility index (Phi) is 3.00. The quantitative estimate of drug-likeness (QED) is 0.782. The summed E-state index contributed by atoms with van der Waals surface area (Å²) < 4.78 is 0. The fourth-order valence-electron chi connectivity index (χ4n) is 1.98. The minimum atomic E-state index is -0.0652. The number of Topliss-reactive ketones (excluding diaryl/α,β-unsaturated/α-hetero) is 1. The second-order valence-electron chi connectivity index (χ2n) is 4.00. The third-order valence-electron chi connectivity index (χ3n) is 2.88. The zero-order chi connectivity index (χ0) is 11.5. The zero-order valence-electron chi connectivity index (χ0n) is 9.60. The third kappa shape index (κ3) is 1.96. The first kappa shape index (κ1) is 10.8. The van der Waals surface area contributed by atoms with Crippen molar-refractivity contribution in [2.75, 3.05) is 0 Å². The van der Waals surface area contributed by atoms with E-state index in [4.69, 9.17) is 0 Å². The van der Waals surface area contributed by atoms with Gasteiger partial charge in [-0.3, -0.25) is 9.78 Å². The van der Waals surface area contributed by atoms with Crippen LogP contribution in [0.15, 0.2) is 36.4 Å². The van der Waals surface area contributed by atoms with E-state index >= 15 is 0 Å². The van der Waals surface area contributed by atoms with E-state index in [1.54, 1.807) is 6.92 Å². The highest BCUT2D eigenvalue weighted by Crippen LogP contribution is 2.21. The molecule has 0 fully saturated rings. The highest BCUT2D eigenvalue weighted by Gasteiger charge is 2.15. The molecule has 0 aliphatic rings. The van der Waals surface area contributed by atoms with Crippen LogP contribution in [0, 0.1) is 0 Å². The van der Waals surface area contributed by atoms with Gasteiger partial charge in [-0.05, 0) is 25.5 Å². The number of hydrogen-bond donors (Lipinski definition) is 0. The van der Waals surface area contributed by atoms with Crippen LogP contribution in [0.3, 0.4) is 0 Å². The third-order valence-corrected chi connectivity index (χ3v) is 2.88. The van der Waals surface area contributed by atoms with E-state index in [1.165, 1.54) is 0 Å². The molecule has 0 amide bonds. The highest BCUT2D eigenvalue weighted by atomic mass is 16.1. The Morgan fingerprint density at radius 3 is 2.69 bits per heavy atom. The maximum absolute atomic E-state index is 11.5. The van der Waals surface area contributed by atoms with Gasteiger partial charge in [0.2, 0.25) is 0 Å². The Morgan fingerprint density at radius 2 is 2.00 bits per heavy atom. The molecule has 2 rings (SSSR count).